The van der Waals surface area contributed by atoms with Crippen molar-refractivity contribution in [2.75, 3.05) is 6.61 Å². The monoisotopic (exact) mass is 293 g/mol. The second kappa shape index (κ2) is 10.2. The van der Waals surface area contributed by atoms with Crippen molar-refractivity contribution in [3.8, 4) is 5.75 Å². The Hall–Kier alpha value is -1.55. The number of benzene rings is 1. The summed E-state index contributed by atoms with van der Waals surface area (Å²) in [5.41, 5.74) is 6.74. The molecule has 0 heterocycles. The molecule has 0 bridgehead atoms. The molecule has 0 saturated heterocycles. The van der Waals surface area contributed by atoms with Gasteiger partial charge >= 0.3 is 5.97 Å². The van der Waals surface area contributed by atoms with E-state index < -0.39 is 6.04 Å². The lowest BCUT2D eigenvalue weighted by Crippen LogP contribution is -2.34. The highest BCUT2D eigenvalue weighted by atomic mass is 16.5. The number of phenolic OH excluding ortho intramolecular Hbond substituents is 1. The fraction of sp³-hybridized carbons (Fsp3) is 0.588. The number of rotatable bonds is 10. The van der Waals surface area contributed by atoms with E-state index in [0.717, 1.165) is 18.4 Å². The zero-order valence-corrected chi connectivity index (χ0v) is 12.9. The van der Waals surface area contributed by atoms with Gasteiger partial charge in [-0.1, -0.05) is 51.2 Å². The summed E-state index contributed by atoms with van der Waals surface area (Å²) < 4.78 is 5.19. The van der Waals surface area contributed by atoms with Crippen molar-refractivity contribution in [1.82, 2.24) is 0 Å². The predicted molar refractivity (Wildman–Crippen MR) is 84.1 cm³/mol. The summed E-state index contributed by atoms with van der Waals surface area (Å²) in [6.07, 6.45) is 7.39. The Morgan fingerprint density at radius 3 is 2.43 bits per heavy atom. The molecule has 1 unspecified atom stereocenters. The van der Waals surface area contributed by atoms with Gasteiger partial charge in [0, 0.05) is 0 Å². The summed E-state index contributed by atoms with van der Waals surface area (Å²) in [4.78, 5) is 11.8. The fourth-order valence-corrected chi connectivity index (χ4v) is 2.13. The molecule has 1 atom stereocenters. The molecule has 1 aromatic rings. The normalized spacial score (nSPS) is 12.1. The van der Waals surface area contributed by atoms with Gasteiger partial charge in [-0.3, -0.25) is 4.79 Å². The molecule has 0 aliphatic rings. The van der Waals surface area contributed by atoms with Crippen LogP contribution in [0.25, 0.3) is 0 Å². The van der Waals surface area contributed by atoms with Crippen LogP contribution in [0.3, 0.4) is 0 Å². The van der Waals surface area contributed by atoms with Crippen LogP contribution in [0.4, 0.5) is 0 Å². The summed E-state index contributed by atoms with van der Waals surface area (Å²) in [7, 11) is 0. The van der Waals surface area contributed by atoms with Gasteiger partial charge in [-0.25, -0.2) is 0 Å². The van der Waals surface area contributed by atoms with Crippen LogP contribution in [0.2, 0.25) is 0 Å². The number of nitrogens with two attached hydrogens (primary N) is 1. The molecule has 1 aromatic carbocycles. The molecule has 0 amide bonds. The maximum atomic E-state index is 11.8. The molecule has 0 spiro atoms. The second-order valence-electron chi connectivity index (χ2n) is 5.41. The maximum absolute atomic E-state index is 11.8. The third kappa shape index (κ3) is 7.71. The predicted octanol–water partition coefficient (Wildman–Crippen LogP) is 3.17. The molecule has 0 aromatic heterocycles. The Kier molecular flexibility index (Phi) is 8.51. The highest BCUT2D eigenvalue weighted by Crippen LogP contribution is 2.11. The third-order valence-electron chi connectivity index (χ3n) is 3.44. The molecule has 0 aliphatic heterocycles. The van der Waals surface area contributed by atoms with Crippen LogP contribution in [0.1, 0.15) is 51.0 Å². The van der Waals surface area contributed by atoms with Crippen LogP contribution < -0.4 is 5.73 Å². The Morgan fingerprint density at radius 1 is 1.14 bits per heavy atom. The number of esters is 1. The Morgan fingerprint density at radius 2 is 1.76 bits per heavy atom. The lowest BCUT2D eigenvalue weighted by Gasteiger charge is -2.11. The standard InChI is InChI=1S/C17H27NO3/c1-2-3-4-5-6-7-12-21-17(20)16(18)13-14-8-10-15(19)11-9-14/h8-11,16,19H,2-7,12-13,18H2,1H3. The summed E-state index contributed by atoms with van der Waals surface area (Å²) in [5.74, 6) is -0.144. The number of carbonyl (C=O) groups excluding carboxylic acids is 1. The zero-order valence-electron chi connectivity index (χ0n) is 12.9. The molecule has 118 valence electrons. The van der Waals surface area contributed by atoms with Crippen LogP contribution in [0.5, 0.6) is 5.75 Å². The molecular weight excluding hydrogens is 266 g/mol. The number of unbranched alkanes of at least 4 members (excludes halogenated alkanes) is 5. The van der Waals surface area contributed by atoms with E-state index in [1.807, 2.05) is 0 Å². The van der Waals surface area contributed by atoms with Crippen LogP contribution in [-0.2, 0) is 16.0 Å². The van der Waals surface area contributed by atoms with Crippen LogP contribution in [0.15, 0.2) is 24.3 Å². The molecule has 4 nitrogen and oxygen atoms in total. The highest BCUT2D eigenvalue weighted by molar-refractivity contribution is 5.75. The molecule has 0 fully saturated rings. The number of ether oxygens (including phenoxy) is 1. The lowest BCUT2D eigenvalue weighted by molar-refractivity contribution is -0.145. The summed E-state index contributed by atoms with van der Waals surface area (Å²) in [6, 6.07) is 6.05. The first-order valence-corrected chi connectivity index (χ1v) is 7.83. The highest BCUT2D eigenvalue weighted by Gasteiger charge is 2.15. The molecule has 1 rings (SSSR count). The van der Waals surface area contributed by atoms with Crippen molar-refractivity contribution >= 4 is 5.97 Å². The smallest absolute Gasteiger partial charge is 0.323 e. The van der Waals surface area contributed by atoms with E-state index in [0.29, 0.717) is 13.0 Å². The average molecular weight is 293 g/mol. The molecule has 0 aliphatic carbocycles. The van der Waals surface area contributed by atoms with Gasteiger partial charge in [0.05, 0.1) is 6.61 Å². The van der Waals surface area contributed by atoms with E-state index in [9.17, 15) is 9.90 Å². The minimum atomic E-state index is -0.644. The Balaban J connectivity index is 2.15. The molecule has 21 heavy (non-hydrogen) atoms. The largest absolute Gasteiger partial charge is 0.508 e. The number of hydrogen-bond acceptors (Lipinski definition) is 4. The zero-order chi connectivity index (χ0) is 15.5. The summed E-state index contributed by atoms with van der Waals surface area (Å²) in [5, 5.41) is 9.20. The van der Waals surface area contributed by atoms with E-state index in [-0.39, 0.29) is 11.7 Å². The number of carbonyl (C=O) groups is 1. The number of hydrogen-bond donors (Lipinski definition) is 2. The van der Waals surface area contributed by atoms with E-state index in [4.69, 9.17) is 10.5 Å². The van der Waals surface area contributed by atoms with Gasteiger partial charge in [0.25, 0.3) is 0 Å². The molecular formula is C17H27NO3. The van der Waals surface area contributed by atoms with Gasteiger partial charge in [-0.15, -0.1) is 0 Å². The minimum absolute atomic E-state index is 0.206. The number of aromatic hydroxyl groups is 1. The van der Waals surface area contributed by atoms with Gasteiger partial charge in [0.1, 0.15) is 11.8 Å². The van der Waals surface area contributed by atoms with Crippen LogP contribution >= 0.6 is 0 Å². The molecule has 0 saturated carbocycles. The quantitative estimate of drug-likeness (QED) is 0.513. The third-order valence-corrected chi connectivity index (χ3v) is 3.44. The van der Waals surface area contributed by atoms with Gasteiger partial charge < -0.3 is 15.6 Å². The Bertz CT molecular complexity index is 403. The maximum Gasteiger partial charge on any atom is 0.323 e. The average Bonchev–Trinajstić information content (AvgIpc) is 2.48. The minimum Gasteiger partial charge on any atom is -0.508 e. The molecule has 4 heteroatoms. The second-order valence-corrected chi connectivity index (χ2v) is 5.41. The SMILES string of the molecule is CCCCCCCCOC(=O)C(N)Cc1ccc(O)cc1. The molecule has 0 radical (unpaired) electrons. The van der Waals surface area contributed by atoms with E-state index in [2.05, 4.69) is 6.92 Å². The topological polar surface area (TPSA) is 72.5 Å². The first-order valence-electron chi connectivity index (χ1n) is 7.83. The van der Waals surface area contributed by atoms with E-state index in [1.165, 1.54) is 25.7 Å². The van der Waals surface area contributed by atoms with E-state index >= 15 is 0 Å². The van der Waals surface area contributed by atoms with Crippen molar-refractivity contribution in [2.24, 2.45) is 5.73 Å². The van der Waals surface area contributed by atoms with Gasteiger partial charge in [0.2, 0.25) is 0 Å². The van der Waals surface area contributed by atoms with Crippen LogP contribution in [-0.4, -0.2) is 23.7 Å². The number of phenols is 1. The first kappa shape index (κ1) is 17.5. The van der Waals surface area contributed by atoms with Crippen LogP contribution in [0, 0.1) is 0 Å². The van der Waals surface area contributed by atoms with Gasteiger partial charge in [-0.2, -0.15) is 0 Å². The lowest BCUT2D eigenvalue weighted by atomic mass is 10.1. The van der Waals surface area contributed by atoms with Crippen molar-refractivity contribution in [3.63, 3.8) is 0 Å². The van der Waals surface area contributed by atoms with Gasteiger partial charge in [0.15, 0.2) is 0 Å². The summed E-state index contributed by atoms with van der Waals surface area (Å²) in [6.45, 7) is 2.64. The summed E-state index contributed by atoms with van der Waals surface area (Å²) >= 11 is 0. The van der Waals surface area contributed by atoms with Crippen molar-refractivity contribution in [3.05, 3.63) is 29.8 Å². The van der Waals surface area contributed by atoms with Crippen molar-refractivity contribution < 1.29 is 14.6 Å². The van der Waals surface area contributed by atoms with Crippen molar-refractivity contribution in [2.45, 2.75) is 57.9 Å². The Labute approximate surface area is 127 Å². The fourth-order valence-electron chi connectivity index (χ4n) is 2.13. The van der Waals surface area contributed by atoms with E-state index in [1.54, 1.807) is 24.3 Å². The molecule has 3 N–H and O–H groups in total. The van der Waals surface area contributed by atoms with Crippen molar-refractivity contribution in [1.29, 1.82) is 0 Å². The first-order chi connectivity index (χ1) is 10.1. The van der Waals surface area contributed by atoms with Gasteiger partial charge in [-0.05, 0) is 30.5 Å².